The maximum atomic E-state index is 14.4. The zero-order chi connectivity index (χ0) is 26.5. The number of unbranched alkanes of at least 4 members (excludes halogenated alkanes) is 2. The quantitative estimate of drug-likeness (QED) is 0.149. The lowest BCUT2D eigenvalue weighted by atomic mass is 9.68. The minimum Gasteiger partial charge on any atom is -0.396 e. The van der Waals surface area contributed by atoms with Crippen molar-refractivity contribution in [3.05, 3.63) is 0 Å². The van der Waals surface area contributed by atoms with Gasteiger partial charge in [-0.05, 0) is 25.2 Å². The minimum absolute atomic E-state index is 0.00278. The molecule has 0 bridgehead atoms. The van der Waals surface area contributed by atoms with Gasteiger partial charge in [0, 0.05) is 13.0 Å². The summed E-state index contributed by atoms with van der Waals surface area (Å²) >= 11 is 0. The van der Waals surface area contributed by atoms with Crippen LogP contribution in [0.25, 0.3) is 0 Å². The fourth-order valence-electron chi connectivity index (χ4n) is 4.21. The van der Waals surface area contributed by atoms with Crippen molar-refractivity contribution >= 4 is 20.2 Å². The van der Waals surface area contributed by atoms with Crippen molar-refractivity contribution in [3.63, 3.8) is 0 Å². The molecule has 16 heteroatoms. The topological polar surface area (TPSA) is 149 Å². The lowest BCUT2D eigenvalue weighted by Crippen LogP contribution is -2.70. The van der Waals surface area contributed by atoms with E-state index in [1.54, 1.807) is 6.92 Å². The van der Waals surface area contributed by atoms with Gasteiger partial charge in [-0.1, -0.05) is 39.5 Å². The van der Waals surface area contributed by atoms with Crippen LogP contribution in [0.4, 0.5) is 26.3 Å². The van der Waals surface area contributed by atoms with E-state index in [1.807, 2.05) is 0 Å². The Morgan fingerprint density at radius 1 is 0.848 bits per heavy atom. The molecule has 0 rings (SSSR count). The SMILES string of the molecule is CCCCCC(C(F)(F)F)(C(O)(CCO)C(CCC)CC(C(F)(F)F)S(=O)(=O)O)S(=O)(=O)O. The molecule has 8 nitrogen and oxygen atoms in total. The first-order valence-corrected chi connectivity index (χ1v) is 13.0. The summed E-state index contributed by atoms with van der Waals surface area (Å²) in [6.07, 6.45) is -17.6. The second-order valence-electron chi connectivity index (χ2n) is 7.92. The Balaban J connectivity index is 7.24. The van der Waals surface area contributed by atoms with Crippen LogP contribution in [0, 0.1) is 5.92 Å². The number of halogens is 6. The molecule has 4 unspecified atom stereocenters. The molecule has 4 N–H and O–H groups in total. The van der Waals surface area contributed by atoms with Gasteiger partial charge in [0.15, 0.2) is 5.25 Å². The fourth-order valence-corrected chi connectivity index (χ4v) is 6.44. The van der Waals surface area contributed by atoms with Crippen LogP contribution in [0.5, 0.6) is 0 Å². The molecule has 0 saturated carbocycles. The van der Waals surface area contributed by atoms with Gasteiger partial charge in [-0.15, -0.1) is 0 Å². The van der Waals surface area contributed by atoms with Gasteiger partial charge in [0.05, 0.1) is 0 Å². The number of hydrogen-bond donors (Lipinski definition) is 4. The van der Waals surface area contributed by atoms with E-state index in [1.165, 1.54) is 6.92 Å². The van der Waals surface area contributed by atoms with Crippen LogP contribution >= 0.6 is 0 Å². The molecule has 0 fully saturated rings. The summed E-state index contributed by atoms with van der Waals surface area (Å²) < 4.78 is 145. The zero-order valence-electron chi connectivity index (χ0n) is 18.0. The van der Waals surface area contributed by atoms with E-state index in [-0.39, 0.29) is 19.3 Å². The molecule has 0 aliphatic heterocycles. The lowest BCUT2D eigenvalue weighted by molar-refractivity contribution is -0.233. The Bertz CT molecular complexity index is 827. The lowest BCUT2D eigenvalue weighted by Gasteiger charge is -2.50. The molecule has 200 valence electrons. The third kappa shape index (κ3) is 7.16. The standard InChI is InChI=1S/C17H30F6O8S2/c1-3-5-6-8-15(17(21,22)23,33(29,30)31)14(25,9-10-24)12(7-4-2)11-13(16(18,19)20)32(26,27)28/h12-13,24-25H,3-11H2,1-2H3,(H,26,27,28)(H,29,30,31). The molecular formula is C17H30F6O8S2. The largest absolute Gasteiger partial charge is 0.413 e. The first-order chi connectivity index (χ1) is 14.7. The van der Waals surface area contributed by atoms with Crippen LogP contribution in [-0.4, -0.2) is 70.7 Å². The smallest absolute Gasteiger partial charge is 0.396 e. The highest BCUT2D eigenvalue weighted by Gasteiger charge is 2.75. The summed E-state index contributed by atoms with van der Waals surface area (Å²) in [7, 11) is -12.2. The highest BCUT2D eigenvalue weighted by atomic mass is 32.2. The number of alkyl halides is 6. The van der Waals surface area contributed by atoms with E-state index < -0.39 is 92.8 Å². The molecule has 0 aliphatic rings. The van der Waals surface area contributed by atoms with Crippen LogP contribution in [0.15, 0.2) is 0 Å². The van der Waals surface area contributed by atoms with Gasteiger partial charge in [-0.25, -0.2) is 0 Å². The molecule has 0 aromatic rings. The Hall–Kier alpha value is -0.680. The van der Waals surface area contributed by atoms with Crippen molar-refractivity contribution in [2.75, 3.05) is 6.61 Å². The molecule has 4 atom stereocenters. The predicted octanol–water partition coefficient (Wildman–Crippen LogP) is 3.49. The maximum absolute atomic E-state index is 14.4. The average molecular weight is 541 g/mol. The van der Waals surface area contributed by atoms with Crippen molar-refractivity contribution < 1.29 is 62.5 Å². The zero-order valence-corrected chi connectivity index (χ0v) is 19.7. The molecule has 0 heterocycles. The van der Waals surface area contributed by atoms with E-state index in [0.29, 0.717) is 0 Å². The Kier molecular flexibility index (Phi) is 11.1. The third-order valence-electron chi connectivity index (χ3n) is 5.76. The molecular weight excluding hydrogens is 510 g/mol. The Morgan fingerprint density at radius 2 is 1.36 bits per heavy atom. The van der Waals surface area contributed by atoms with E-state index in [2.05, 4.69) is 0 Å². The second-order valence-corrected chi connectivity index (χ2v) is 11.2. The minimum atomic E-state index is -6.29. The van der Waals surface area contributed by atoms with Gasteiger partial charge >= 0.3 is 12.4 Å². The van der Waals surface area contributed by atoms with Crippen LogP contribution in [0.3, 0.4) is 0 Å². The van der Waals surface area contributed by atoms with Gasteiger partial charge < -0.3 is 10.2 Å². The highest BCUT2D eigenvalue weighted by Crippen LogP contribution is 2.54. The van der Waals surface area contributed by atoms with Gasteiger partial charge in [-0.3, -0.25) is 9.11 Å². The van der Waals surface area contributed by atoms with Crippen molar-refractivity contribution in [3.8, 4) is 0 Å². The summed E-state index contributed by atoms with van der Waals surface area (Å²) in [6, 6.07) is 0. The number of rotatable bonds is 14. The fraction of sp³-hybridized carbons (Fsp3) is 1.00. The molecule has 0 amide bonds. The van der Waals surface area contributed by atoms with E-state index >= 15 is 0 Å². The monoisotopic (exact) mass is 540 g/mol. The van der Waals surface area contributed by atoms with Crippen molar-refractivity contribution in [2.24, 2.45) is 5.92 Å². The average Bonchev–Trinajstić information content (AvgIpc) is 2.57. The number of hydrogen-bond acceptors (Lipinski definition) is 6. The molecule has 0 aliphatic carbocycles. The second kappa shape index (κ2) is 11.4. The Morgan fingerprint density at radius 3 is 1.67 bits per heavy atom. The Labute approximate surface area is 188 Å². The summed E-state index contributed by atoms with van der Waals surface area (Å²) in [5, 5.41) is 16.9. The highest BCUT2D eigenvalue weighted by molar-refractivity contribution is 7.87. The summed E-state index contributed by atoms with van der Waals surface area (Å²) in [5.41, 5.74) is -3.77. The van der Waals surface area contributed by atoms with Crippen molar-refractivity contribution in [1.29, 1.82) is 0 Å². The molecule has 33 heavy (non-hydrogen) atoms. The van der Waals surface area contributed by atoms with E-state index in [9.17, 15) is 57.9 Å². The van der Waals surface area contributed by atoms with Gasteiger partial charge in [-0.2, -0.15) is 43.2 Å². The summed E-state index contributed by atoms with van der Waals surface area (Å²) in [5.74, 6) is -2.37. The van der Waals surface area contributed by atoms with Gasteiger partial charge in [0.1, 0.15) is 5.60 Å². The molecule has 0 aromatic heterocycles. The van der Waals surface area contributed by atoms with Crippen LogP contribution in [0.1, 0.15) is 65.2 Å². The summed E-state index contributed by atoms with van der Waals surface area (Å²) in [4.78, 5) is 0. The van der Waals surface area contributed by atoms with E-state index in [4.69, 9.17) is 4.55 Å². The molecule has 0 spiro atoms. The van der Waals surface area contributed by atoms with Crippen LogP contribution < -0.4 is 0 Å². The van der Waals surface area contributed by atoms with Crippen LogP contribution in [0.2, 0.25) is 0 Å². The molecule has 0 radical (unpaired) electrons. The summed E-state index contributed by atoms with van der Waals surface area (Å²) in [6.45, 7) is 1.48. The first kappa shape index (κ1) is 32.3. The van der Waals surface area contributed by atoms with E-state index in [0.717, 1.165) is 0 Å². The third-order valence-corrected chi connectivity index (χ3v) is 8.61. The molecule has 0 saturated heterocycles. The van der Waals surface area contributed by atoms with Gasteiger partial charge in [0.2, 0.25) is 4.75 Å². The van der Waals surface area contributed by atoms with Crippen molar-refractivity contribution in [2.45, 2.75) is 93.2 Å². The molecule has 0 aromatic carbocycles. The first-order valence-electron chi connectivity index (χ1n) is 10.1. The number of aliphatic hydroxyl groups excluding tert-OH is 1. The van der Waals surface area contributed by atoms with Crippen LogP contribution in [-0.2, 0) is 20.2 Å². The predicted molar refractivity (Wildman–Crippen MR) is 106 cm³/mol. The van der Waals surface area contributed by atoms with Crippen molar-refractivity contribution in [1.82, 2.24) is 0 Å². The van der Waals surface area contributed by atoms with Gasteiger partial charge in [0.25, 0.3) is 20.2 Å². The normalized spacial score (nSPS) is 19.5. The number of aliphatic hydroxyl groups is 2. The maximum Gasteiger partial charge on any atom is 0.413 e.